The third-order valence-electron chi connectivity index (χ3n) is 3.97. The van der Waals surface area contributed by atoms with Crippen LogP contribution >= 0.6 is 11.3 Å². The lowest BCUT2D eigenvalue weighted by molar-refractivity contribution is -0.145. The number of thiazole rings is 1. The number of esters is 1. The summed E-state index contributed by atoms with van der Waals surface area (Å²) in [6, 6.07) is 0. The number of amides is 1. The first-order valence-electron chi connectivity index (χ1n) is 7.00. The van der Waals surface area contributed by atoms with Crippen molar-refractivity contribution >= 4 is 23.2 Å². The molecule has 2 heterocycles. The molecule has 2 aliphatic rings. The van der Waals surface area contributed by atoms with Gasteiger partial charge in [0.15, 0.2) is 0 Å². The summed E-state index contributed by atoms with van der Waals surface area (Å²) in [5.41, 5.74) is 1.22. The highest BCUT2D eigenvalue weighted by Crippen LogP contribution is 2.29. The van der Waals surface area contributed by atoms with Crippen LogP contribution in [0.3, 0.4) is 0 Å². The van der Waals surface area contributed by atoms with Gasteiger partial charge >= 0.3 is 5.97 Å². The Morgan fingerprint density at radius 3 is 3.00 bits per heavy atom. The zero-order chi connectivity index (χ0) is 14.1. The fourth-order valence-electron chi connectivity index (χ4n) is 2.89. The van der Waals surface area contributed by atoms with Crippen molar-refractivity contribution in [2.45, 2.75) is 38.6 Å². The minimum Gasteiger partial charge on any atom is -0.469 e. The van der Waals surface area contributed by atoms with E-state index >= 15 is 0 Å². The minimum absolute atomic E-state index is 0.0218. The maximum atomic E-state index is 11.9. The number of aromatic nitrogens is 1. The molecule has 20 heavy (non-hydrogen) atoms. The van der Waals surface area contributed by atoms with Crippen molar-refractivity contribution in [1.29, 1.82) is 0 Å². The van der Waals surface area contributed by atoms with Crippen LogP contribution in [-0.4, -0.2) is 35.4 Å². The molecule has 1 aliphatic heterocycles. The van der Waals surface area contributed by atoms with Crippen LogP contribution < -0.4 is 0 Å². The quantitative estimate of drug-likeness (QED) is 0.794. The number of likely N-dealkylation sites (tertiary alicyclic amines) is 1. The van der Waals surface area contributed by atoms with Crippen molar-refractivity contribution in [2.75, 3.05) is 13.7 Å². The van der Waals surface area contributed by atoms with Crippen molar-refractivity contribution in [1.82, 2.24) is 9.88 Å². The smallest absolute Gasteiger partial charge is 0.310 e. The van der Waals surface area contributed by atoms with Gasteiger partial charge in [-0.3, -0.25) is 9.59 Å². The van der Waals surface area contributed by atoms with Gasteiger partial charge in [0.05, 0.1) is 25.3 Å². The lowest BCUT2D eigenvalue weighted by Crippen LogP contribution is -2.26. The predicted octanol–water partition coefficient (Wildman–Crippen LogP) is 1.54. The summed E-state index contributed by atoms with van der Waals surface area (Å²) in [4.78, 5) is 31.2. The molecule has 3 rings (SSSR count). The summed E-state index contributed by atoms with van der Waals surface area (Å²) in [6.45, 7) is 0.986. The number of rotatable bonds is 3. The van der Waals surface area contributed by atoms with Crippen molar-refractivity contribution in [2.24, 2.45) is 5.92 Å². The van der Waals surface area contributed by atoms with Gasteiger partial charge in [-0.15, -0.1) is 11.3 Å². The molecule has 1 amide bonds. The topological polar surface area (TPSA) is 59.5 Å². The molecule has 1 unspecified atom stereocenters. The summed E-state index contributed by atoms with van der Waals surface area (Å²) in [6.07, 6.45) is 4.89. The highest BCUT2D eigenvalue weighted by molar-refractivity contribution is 7.11. The van der Waals surface area contributed by atoms with E-state index in [-0.39, 0.29) is 24.2 Å². The summed E-state index contributed by atoms with van der Waals surface area (Å²) in [5.74, 6) is -0.588. The average molecular weight is 294 g/mol. The first-order valence-corrected chi connectivity index (χ1v) is 7.82. The number of methoxy groups -OCH3 is 1. The van der Waals surface area contributed by atoms with E-state index in [4.69, 9.17) is 4.74 Å². The molecule has 1 aromatic heterocycles. The van der Waals surface area contributed by atoms with E-state index in [1.54, 1.807) is 16.2 Å². The van der Waals surface area contributed by atoms with Crippen LogP contribution in [0.15, 0.2) is 0 Å². The molecule has 0 N–H and O–H groups in total. The maximum absolute atomic E-state index is 11.9. The third-order valence-corrected chi connectivity index (χ3v) is 5.11. The van der Waals surface area contributed by atoms with Gasteiger partial charge in [-0.05, 0) is 25.7 Å². The van der Waals surface area contributed by atoms with Gasteiger partial charge in [-0.2, -0.15) is 0 Å². The summed E-state index contributed by atoms with van der Waals surface area (Å²) < 4.78 is 4.72. The maximum Gasteiger partial charge on any atom is 0.310 e. The van der Waals surface area contributed by atoms with Crippen LogP contribution in [0.4, 0.5) is 0 Å². The Kier molecular flexibility index (Phi) is 3.74. The van der Waals surface area contributed by atoms with Gasteiger partial charge < -0.3 is 9.64 Å². The second-order valence-electron chi connectivity index (χ2n) is 5.38. The monoisotopic (exact) mass is 294 g/mol. The lowest BCUT2D eigenvalue weighted by atomic mass is 10.0. The van der Waals surface area contributed by atoms with Crippen molar-refractivity contribution in [3.8, 4) is 0 Å². The van der Waals surface area contributed by atoms with E-state index in [0.717, 1.165) is 17.8 Å². The van der Waals surface area contributed by atoms with Crippen LogP contribution in [-0.2, 0) is 33.7 Å². The van der Waals surface area contributed by atoms with E-state index in [2.05, 4.69) is 4.98 Å². The lowest BCUT2D eigenvalue weighted by Gasteiger charge is -2.14. The Bertz CT molecular complexity index is 517. The van der Waals surface area contributed by atoms with Gasteiger partial charge in [0, 0.05) is 17.8 Å². The molecule has 108 valence electrons. The molecule has 0 aromatic carbocycles. The highest BCUT2D eigenvalue weighted by Gasteiger charge is 2.35. The second-order valence-corrected chi connectivity index (χ2v) is 6.55. The molecule has 6 heteroatoms. The molecular formula is C14H18N2O3S. The summed E-state index contributed by atoms with van der Waals surface area (Å²) in [5, 5.41) is 0.996. The van der Waals surface area contributed by atoms with Gasteiger partial charge in [0.2, 0.25) is 5.91 Å². The molecule has 0 spiro atoms. The molecule has 1 atom stereocenters. The van der Waals surface area contributed by atoms with Gasteiger partial charge in [-0.25, -0.2) is 4.98 Å². The van der Waals surface area contributed by atoms with Gasteiger partial charge in [0.1, 0.15) is 5.01 Å². The normalized spacial score (nSPS) is 21.9. The number of carbonyl (C=O) groups excluding carboxylic acids is 2. The number of hydrogen-bond donors (Lipinski definition) is 0. The molecule has 0 radical (unpaired) electrons. The number of fused-ring (bicyclic) bond motifs is 1. The van der Waals surface area contributed by atoms with E-state index < -0.39 is 0 Å². The molecule has 5 nitrogen and oxygen atoms in total. The van der Waals surface area contributed by atoms with E-state index in [1.165, 1.54) is 30.5 Å². The van der Waals surface area contributed by atoms with Crippen LogP contribution in [0, 0.1) is 5.92 Å². The molecule has 0 bridgehead atoms. The minimum atomic E-state index is -0.318. The van der Waals surface area contributed by atoms with E-state index in [1.807, 2.05) is 0 Å². The molecule has 1 saturated heterocycles. The van der Waals surface area contributed by atoms with Crippen LogP contribution in [0.1, 0.15) is 34.8 Å². The Hall–Kier alpha value is -1.43. The Morgan fingerprint density at radius 2 is 2.25 bits per heavy atom. The second kappa shape index (κ2) is 5.52. The molecule has 0 saturated carbocycles. The van der Waals surface area contributed by atoms with Crippen LogP contribution in [0.5, 0.6) is 0 Å². The molecule has 1 aliphatic carbocycles. The predicted molar refractivity (Wildman–Crippen MR) is 74.3 cm³/mol. The summed E-state index contributed by atoms with van der Waals surface area (Å²) in [7, 11) is 1.37. The van der Waals surface area contributed by atoms with Gasteiger partial charge in [0.25, 0.3) is 0 Å². The summed E-state index contributed by atoms with van der Waals surface area (Å²) >= 11 is 1.72. The standard InChI is InChI=1S/C14H18N2O3S/c1-19-14(18)9-6-13(17)16(7-9)8-12-15-10-4-2-3-5-11(10)20-12/h9H,2-8H2,1H3. The third kappa shape index (κ3) is 2.57. The molecular weight excluding hydrogens is 276 g/mol. The number of nitrogens with zero attached hydrogens (tertiary/aromatic N) is 2. The fraction of sp³-hybridized carbons (Fsp3) is 0.643. The van der Waals surface area contributed by atoms with Crippen LogP contribution in [0.25, 0.3) is 0 Å². The Morgan fingerprint density at radius 1 is 1.45 bits per heavy atom. The number of carbonyl (C=O) groups is 2. The highest BCUT2D eigenvalue weighted by atomic mass is 32.1. The SMILES string of the molecule is COC(=O)C1CC(=O)N(Cc2nc3c(s2)CCCC3)C1. The van der Waals surface area contributed by atoms with Crippen molar-refractivity contribution in [3.63, 3.8) is 0 Å². The molecule has 1 fully saturated rings. The molecule has 1 aromatic rings. The van der Waals surface area contributed by atoms with Gasteiger partial charge in [-0.1, -0.05) is 0 Å². The number of hydrogen-bond acceptors (Lipinski definition) is 5. The van der Waals surface area contributed by atoms with Crippen molar-refractivity contribution < 1.29 is 14.3 Å². The number of aryl methyl sites for hydroxylation is 2. The zero-order valence-electron chi connectivity index (χ0n) is 11.6. The zero-order valence-corrected chi connectivity index (χ0v) is 12.4. The average Bonchev–Trinajstić information content (AvgIpc) is 3.02. The Labute approximate surface area is 121 Å². The Balaban J connectivity index is 1.67. The van der Waals surface area contributed by atoms with E-state index in [0.29, 0.717) is 13.1 Å². The first-order chi connectivity index (χ1) is 9.67. The van der Waals surface area contributed by atoms with E-state index in [9.17, 15) is 9.59 Å². The number of ether oxygens (including phenoxy) is 1. The largest absolute Gasteiger partial charge is 0.469 e. The van der Waals surface area contributed by atoms with Crippen LogP contribution in [0.2, 0.25) is 0 Å². The van der Waals surface area contributed by atoms with Crippen molar-refractivity contribution in [3.05, 3.63) is 15.6 Å². The first kappa shape index (κ1) is 13.5. The fourth-order valence-corrected chi connectivity index (χ4v) is 4.06.